The van der Waals surface area contributed by atoms with Crippen molar-refractivity contribution in [2.75, 3.05) is 19.7 Å². The lowest BCUT2D eigenvalue weighted by atomic mass is 10.1. The van der Waals surface area contributed by atoms with E-state index >= 15 is 0 Å². The van der Waals surface area contributed by atoms with Gasteiger partial charge in [0, 0.05) is 0 Å². The van der Waals surface area contributed by atoms with Crippen LogP contribution in [0.15, 0.2) is 0 Å². The summed E-state index contributed by atoms with van der Waals surface area (Å²) in [4.78, 5) is 48.0. The van der Waals surface area contributed by atoms with Gasteiger partial charge in [-0.05, 0) is 12.8 Å². The number of aliphatic hydroxyl groups is 2. The van der Waals surface area contributed by atoms with E-state index in [1.807, 2.05) is 0 Å². The van der Waals surface area contributed by atoms with Gasteiger partial charge in [0.05, 0.1) is 25.8 Å². The van der Waals surface area contributed by atoms with Gasteiger partial charge in [-0.25, -0.2) is 0 Å². The molecule has 0 heterocycles. The Labute approximate surface area is 189 Å². The van der Waals surface area contributed by atoms with E-state index in [4.69, 9.17) is 52.9 Å². The molecule has 0 saturated carbocycles. The lowest BCUT2D eigenvalue weighted by molar-refractivity contribution is -0.141. The number of carbonyl (C=O) groups is 5. The Balaban J connectivity index is -0.000000100. The summed E-state index contributed by atoms with van der Waals surface area (Å²) in [6.45, 7) is 3.83. The van der Waals surface area contributed by atoms with Crippen LogP contribution in [0.3, 0.4) is 0 Å². The molecular weight excluding hydrogens is 454 g/mol. The monoisotopic (exact) mass is 491 g/mol. The molecule has 0 amide bonds. The highest BCUT2D eigenvalue weighted by Crippen LogP contribution is 1.96. The van der Waals surface area contributed by atoms with Crippen LogP contribution in [0.5, 0.6) is 0 Å². The molecule has 0 aromatic carbocycles. The fourth-order valence-electron chi connectivity index (χ4n) is 0.570. The van der Waals surface area contributed by atoms with Crippen molar-refractivity contribution < 1.29 is 59.7 Å². The molecule has 0 fully saturated rings. The Hall–Kier alpha value is -2.93. The van der Waals surface area contributed by atoms with Crippen LogP contribution in [0.1, 0.15) is 20.8 Å². The van der Waals surface area contributed by atoms with Crippen molar-refractivity contribution in [3.63, 3.8) is 0 Å². The van der Waals surface area contributed by atoms with Crippen LogP contribution in [0.4, 0.5) is 0 Å². The highest BCUT2D eigenvalue weighted by Gasteiger charge is 2.16. The van der Waals surface area contributed by atoms with E-state index in [2.05, 4.69) is 11.5 Å². The van der Waals surface area contributed by atoms with E-state index in [1.165, 1.54) is 6.92 Å². The van der Waals surface area contributed by atoms with Crippen LogP contribution in [-0.4, -0.2) is 110 Å². The molecule has 198 valence electrons. The zero-order valence-electron chi connectivity index (χ0n) is 18.6. The number of hydrogen-bond acceptors (Lipinski definition) is 12. The quantitative estimate of drug-likeness (QED) is 0.151. The molecule has 0 aliphatic rings. The summed E-state index contributed by atoms with van der Waals surface area (Å²) in [6.07, 6.45) is -0.979. The van der Waals surface area contributed by atoms with E-state index in [0.717, 1.165) is 0 Å². The molecule has 4 atom stereocenters. The van der Waals surface area contributed by atoms with E-state index in [-0.39, 0.29) is 19.0 Å². The van der Waals surface area contributed by atoms with Crippen molar-refractivity contribution in [2.45, 2.75) is 45.0 Å². The van der Waals surface area contributed by atoms with Crippen molar-refractivity contribution in [3.8, 4) is 0 Å². The zero-order chi connectivity index (χ0) is 27.9. The lowest BCUT2D eigenvalue weighted by Crippen LogP contribution is -2.39. The van der Waals surface area contributed by atoms with Gasteiger partial charge in [-0.1, -0.05) is 13.8 Å². The summed E-state index contributed by atoms with van der Waals surface area (Å²) in [5, 5.41) is 55.9. The average Bonchev–Trinajstić information content (AvgIpc) is 2.72. The fraction of sp³-hybridized carbons (Fsp3) is 0.688. The van der Waals surface area contributed by atoms with Gasteiger partial charge in [0.1, 0.15) is 18.1 Å². The first-order valence-corrected chi connectivity index (χ1v) is 8.91. The summed E-state index contributed by atoms with van der Waals surface area (Å²) >= 11 is 0. The molecule has 17 N–H and O–H groups in total. The van der Waals surface area contributed by atoms with E-state index in [0.29, 0.717) is 0 Å². The van der Waals surface area contributed by atoms with E-state index in [9.17, 15) is 24.0 Å². The molecule has 0 radical (unpaired) electrons. The van der Waals surface area contributed by atoms with Crippen molar-refractivity contribution >= 4 is 29.8 Å². The van der Waals surface area contributed by atoms with Gasteiger partial charge in [-0.3, -0.25) is 24.0 Å². The number of carboxylic acids is 5. The van der Waals surface area contributed by atoms with Crippen LogP contribution in [0.25, 0.3) is 0 Å². The third-order valence-corrected chi connectivity index (χ3v) is 2.67. The van der Waals surface area contributed by atoms with Gasteiger partial charge in [-0.15, -0.1) is 0 Å². The molecule has 0 aliphatic carbocycles. The summed E-state index contributed by atoms with van der Waals surface area (Å²) in [7, 11) is 0. The third kappa shape index (κ3) is 40.0. The van der Waals surface area contributed by atoms with Gasteiger partial charge in [-0.2, -0.15) is 0 Å². The Bertz CT molecular complexity index is 522. The number of rotatable bonds is 8. The van der Waals surface area contributed by atoms with Gasteiger partial charge in [0.2, 0.25) is 0 Å². The predicted molar refractivity (Wildman–Crippen MR) is 114 cm³/mol. The summed E-state index contributed by atoms with van der Waals surface area (Å²) in [5.74, 6) is -5.20. The highest BCUT2D eigenvalue weighted by molar-refractivity contribution is 5.74. The number of nitrogens with two attached hydrogens (primary N) is 5. The number of hydrogen-bond donors (Lipinski definition) is 12. The average molecular weight is 491 g/mol. The molecule has 0 rings (SSSR count). The first kappa shape index (κ1) is 40.4. The molecule has 0 spiro atoms. The summed E-state index contributed by atoms with van der Waals surface area (Å²) in [6, 6.07) is -3.00. The maximum atomic E-state index is 10.0. The fourth-order valence-corrected chi connectivity index (χ4v) is 0.570. The Kier molecular flexibility index (Phi) is 31.0. The molecule has 17 nitrogen and oxygen atoms in total. The van der Waals surface area contributed by atoms with Crippen molar-refractivity contribution in [2.24, 2.45) is 34.6 Å². The standard InChI is InChI=1S/C5H11NO2.C4H9NO3.C3H7NO3.2C2H5NO2/c1-3(2)4(6)5(7)8;1-2(6)3(5)4(7)8;4-2(1-5)3(6)7;2*3-1-2(4)5/h3-4H,6H2,1-2H3,(H,7,8);2-3,6H,5H2,1H3,(H,7,8);2,5H,1,4H2,(H,6,7);2*1,3H2,(H,4,5). The van der Waals surface area contributed by atoms with Crippen LogP contribution in [0.2, 0.25) is 0 Å². The maximum absolute atomic E-state index is 10.0. The summed E-state index contributed by atoms with van der Waals surface area (Å²) in [5.41, 5.74) is 24.0. The second-order valence-corrected chi connectivity index (χ2v) is 6.04. The van der Waals surface area contributed by atoms with Crippen LogP contribution >= 0.6 is 0 Å². The smallest absolute Gasteiger partial charge is 0.323 e. The number of carboxylic acid groups (broad SMARTS) is 5. The molecule has 0 aromatic rings. The van der Waals surface area contributed by atoms with E-state index in [1.54, 1.807) is 13.8 Å². The number of aliphatic hydroxyl groups excluding tert-OH is 2. The first-order valence-electron chi connectivity index (χ1n) is 8.91. The number of aliphatic carboxylic acids is 5. The minimum absolute atomic E-state index is 0.0208. The highest BCUT2D eigenvalue weighted by atomic mass is 16.4. The lowest BCUT2D eigenvalue weighted by Gasteiger charge is -2.07. The Morgan fingerprint density at radius 1 is 0.667 bits per heavy atom. The molecule has 0 bridgehead atoms. The van der Waals surface area contributed by atoms with Gasteiger partial charge in [0.25, 0.3) is 0 Å². The Morgan fingerprint density at radius 2 is 0.939 bits per heavy atom. The topological polar surface area (TPSA) is 357 Å². The SMILES string of the molecule is CC(C)C(N)C(=O)O.CC(O)C(N)C(=O)O.NC(CO)C(=O)O.NCC(=O)O.NCC(=O)O. The van der Waals surface area contributed by atoms with Crippen LogP contribution in [-0.2, 0) is 24.0 Å². The molecular formula is C16H37N5O12. The molecule has 17 heteroatoms. The molecule has 0 saturated heterocycles. The normalized spacial score (nSPS) is 12.7. The minimum Gasteiger partial charge on any atom is -0.480 e. The van der Waals surface area contributed by atoms with Gasteiger partial charge >= 0.3 is 29.8 Å². The van der Waals surface area contributed by atoms with Crippen LogP contribution < -0.4 is 28.7 Å². The maximum Gasteiger partial charge on any atom is 0.323 e. The van der Waals surface area contributed by atoms with Gasteiger partial charge < -0.3 is 64.4 Å². The van der Waals surface area contributed by atoms with E-state index < -0.39 is 60.7 Å². The first-order chi connectivity index (χ1) is 14.8. The molecule has 0 aliphatic heterocycles. The minimum atomic E-state index is -1.18. The van der Waals surface area contributed by atoms with Gasteiger partial charge in [0.15, 0.2) is 0 Å². The van der Waals surface area contributed by atoms with Crippen LogP contribution in [0, 0.1) is 5.92 Å². The predicted octanol–water partition coefficient (Wildman–Crippen LogP) is -4.72. The Morgan fingerprint density at radius 3 is 0.939 bits per heavy atom. The molecule has 4 unspecified atom stereocenters. The van der Waals surface area contributed by atoms with Crippen molar-refractivity contribution in [1.82, 2.24) is 0 Å². The second-order valence-electron chi connectivity index (χ2n) is 6.04. The third-order valence-electron chi connectivity index (χ3n) is 2.67. The largest absolute Gasteiger partial charge is 0.480 e. The van der Waals surface area contributed by atoms with Crippen molar-refractivity contribution in [3.05, 3.63) is 0 Å². The zero-order valence-corrected chi connectivity index (χ0v) is 18.6. The molecule has 33 heavy (non-hydrogen) atoms. The second kappa shape index (κ2) is 25.3. The summed E-state index contributed by atoms with van der Waals surface area (Å²) < 4.78 is 0. The van der Waals surface area contributed by atoms with Crippen molar-refractivity contribution in [1.29, 1.82) is 0 Å². The molecule has 0 aromatic heterocycles.